The fourth-order valence-corrected chi connectivity index (χ4v) is 1.75. The summed E-state index contributed by atoms with van der Waals surface area (Å²) < 4.78 is 7.27. The van der Waals surface area contributed by atoms with Gasteiger partial charge in [-0.25, -0.2) is 4.68 Å². The molecule has 9 heteroatoms. The Kier molecular flexibility index (Phi) is 3.18. The molecule has 90 valence electrons. The summed E-state index contributed by atoms with van der Waals surface area (Å²) in [5, 5.41) is 7.68. The quantitative estimate of drug-likeness (QED) is 0.875. The van der Waals surface area contributed by atoms with Crippen molar-refractivity contribution in [3.63, 3.8) is 0 Å². The van der Waals surface area contributed by atoms with Gasteiger partial charge >= 0.3 is 6.01 Å². The summed E-state index contributed by atoms with van der Waals surface area (Å²) in [4.78, 5) is 12.0. The molecule has 0 aliphatic heterocycles. The molecule has 0 saturated heterocycles. The lowest BCUT2D eigenvalue weighted by Gasteiger charge is -2.04. The van der Waals surface area contributed by atoms with Gasteiger partial charge in [0.05, 0.1) is 6.61 Å². The molecule has 2 heterocycles. The largest absolute Gasteiger partial charge is 0.464 e. The van der Waals surface area contributed by atoms with E-state index in [1.54, 1.807) is 7.05 Å². The second kappa shape index (κ2) is 4.62. The Hall–Kier alpha value is -1.77. The van der Waals surface area contributed by atoms with Crippen LogP contribution in [0.4, 0.5) is 5.95 Å². The Bertz CT molecular complexity index is 521. The van der Waals surface area contributed by atoms with Crippen molar-refractivity contribution < 1.29 is 4.74 Å². The first kappa shape index (κ1) is 11.7. The van der Waals surface area contributed by atoms with Crippen molar-refractivity contribution in [1.82, 2.24) is 29.9 Å². The number of nitrogen functional groups attached to an aromatic ring is 1. The number of hydrogen-bond acceptors (Lipinski definition) is 7. The Morgan fingerprint density at radius 3 is 2.71 bits per heavy atom. The number of anilines is 1. The molecule has 0 saturated carbocycles. The van der Waals surface area contributed by atoms with Crippen LogP contribution in [0.5, 0.6) is 6.01 Å². The molecule has 0 radical (unpaired) electrons. The number of nitrogens with zero attached hydrogens (tertiary/aromatic N) is 6. The Labute approximate surface area is 105 Å². The number of halogens is 1. The van der Waals surface area contributed by atoms with Crippen molar-refractivity contribution in [2.24, 2.45) is 7.05 Å². The van der Waals surface area contributed by atoms with Gasteiger partial charge in [-0.05, 0) is 22.9 Å². The minimum Gasteiger partial charge on any atom is -0.464 e. The molecule has 2 aromatic heterocycles. The SMILES string of the molecule is CCOc1nc(N)nc(-c2c(Br)nnn2C)n1. The fraction of sp³-hybridized carbons (Fsp3) is 0.375. The van der Waals surface area contributed by atoms with Gasteiger partial charge in [-0.3, -0.25) is 0 Å². The van der Waals surface area contributed by atoms with E-state index < -0.39 is 0 Å². The van der Waals surface area contributed by atoms with Gasteiger partial charge in [-0.1, -0.05) is 5.21 Å². The maximum absolute atomic E-state index is 5.59. The van der Waals surface area contributed by atoms with Crippen LogP contribution in [-0.4, -0.2) is 36.6 Å². The van der Waals surface area contributed by atoms with Crippen LogP contribution < -0.4 is 10.5 Å². The molecular weight excluding hydrogens is 290 g/mol. The van der Waals surface area contributed by atoms with Crippen LogP contribution >= 0.6 is 15.9 Å². The van der Waals surface area contributed by atoms with Crippen LogP contribution in [-0.2, 0) is 7.05 Å². The maximum atomic E-state index is 5.59. The lowest BCUT2D eigenvalue weighted by atomic mass is 10.4. The van der Waals surface area contributed by atoms with Gasteiger partial charge in [0.25, 0.3) is 0 Å². The van der Waals surface area contributed by atoms with E-state index in [0.29, 0.717) is 22.7 Å². The lowest BCUT2D eigenvalue weighted by Crippen LogP contribution is -2.06. The van der Waals surface area contributed by atoms with Crippen molar-refractivity contribution in [3.05, 3.63) is 4.60 Å². The highest BCUT2D eigenvalue weighted by Gasteiger charge is 2.16. The van der Waals surface area contributed by atoms with Crippen molar-refractivity contribution in [2.75, 3.05) is 12.3 Å². The first-order valence-electron chi connectivity index (χ1n) is 4.81. The summed E-state index contributed by atoms with van der Waals surface area (Å²) in [5.74, 6) is 0.451. The molecule has 0 bridgehead atoms. The van der Waals surface area contributed by atoms with Crippen LogP contribution in [0.15, 0.2) is 4.60 Å². The third-order valence-electron chi connectivity index (χ3n) is 1.90. The van der Waals surface area contributed by atoms with E-state index in [1.165, 1.54) is 4.68 Å². The number of ether oxygens (including phenoxy) is 1. The number of nitrogens with two attached hydrogens (primary N) is 1. The molecule has 2 rings (SSSR count). The molecule has 0 aromatic carbocycles. The van der Waals surface area contributed by atoms with E-state index >= 15 is 0 Å². The molecule has 0 spiro atoms. The lowest BCUT2D eigenvalue weighted by molar-refractivity contribution is 0.312. The number of hydrogen-bond donors (Lipinski definition) is 1. The zero-order valence-corrected chi connectivity index (χ0v) is 10.8. The second-order valence-electron chi connectivity index (χ2n) is 3.09. The Morgan fingerprint density at radius 2 is 2.12 bits per heavy atom. The summed E-state index contributed by atoms with van der Waals surface area (Å²) in [5.41, 5.74) is 6.20. The van der Waals surface area contributed by atoms with Crippen LogP contribution in [0.3, 0.4) is 0 Å². The first-order valence-corrected chi connectivity index (χ1v) is 5.61. The molecule has 0 amide bonds. The van der Waals surface area contributed by atoms with Gasteiger partial charge in [0, 0.05) is 7.05 Å². The molecule has 2 N–H and O–H groups in total. The smallest absolute Gasteiger partial charge is 0.321 e. The predicted molar refractivity (Wildman–Crippen MR) is 63.1 cm³/mol. The standard InChI is InChI=1S/C8H10BrN7O/c1-3-17-8-12-6(11-7(10)13-8)4-5(9)14-15-16(4)2/h3H2,1-2H3,(H2,10,11,12,13). The van der Waals surface area contributed by atoms with Crippen molar-refractivity contribution in [3.8, 4) is 17.5 Å². The van der Waals surface area contributed by atoms with E-state index in [2.05, 4.69) is 41.2 Å². The van der Waals surface area contributed by atoms with Crippen molar-refractivity contribution >= 4 is 21.9 Å². The highest BCUT2D eigenvalue weighted by molar-refractivity contribution is 9.10. The molecule has 0 atom stereocenters. The van der Waals surface area contributed by atoms with E-state index in [4.69, 9.17) is 10.5 Å². The van der Waals surface area contributed by atoms with Crippen LogP contribution in [0.2, 0.25) is 0 Å². The van der Waals surface area contributed by atoms with E-state index in [-0.39, 0.29) is 12.0 Å². The summed E-state index contributed by atoms with van der Waals surface area (Å²) in [7, 11) is 1.73. The van der Waals surface area contributed by atoms with Gasteiger partial charge < -0.3 is 10.5 Å². The summed E-state index contributed by atoms with van der Waals surface area (Å²) in [6, 6.07) is 0.183. The zero-order valence-electron chi connectivity index (χ0n) is 9.25. The van der Waals surface area contributed by atoms with E-state index in [9.17, 15) is 0 Å². The molecule has 0 aliphatic carbocycles. The Morgan fingerprint density at radius 1 is 1.35 bits per heavy atom. The monoisotopic (exact) mass is 299 g/mol. The van der Waals surface area contributed by atoms with Crippen LogP contribution in [0.1, 0.15) is 6.92 Å². The molecular formula is C8H10BrN7O. The van der Waals surface area contributed by atoms with Crippen molar-refractivity contribution in [1.29, 1.82) is 0 Å². The van der Waals surface area contributed by atoms with Gasteiger partial charge in [0.2, 0.25) is 5.95 Å². The van der Waals surface area contributed by atoms with Gasteiger partial charge in [-0.15, -0.1) is 5.10 Å². The maximum Gasteiger partial charge on any atom is 0.321 e. The first-order chi connectivity index (χ1) is 8.11. The summed E-state index contributed by atoms with van der Waals surface area (Å²) in [6.45, 7) is 2.29. The fourth-order valence-electron chi connectivity index (χ4n) is 1.24. The third kappa shape index (κ3) is 2.33. The Balaban J connectivity index is 2.52. The van der Waals surface area contributed by atoms with Crippen molar-refractivity contribution in [2.45, 2.75) is 6.92 Å². The number of aryl methyl sites for hydroxylation is 1. The van der Waals surface area contributed by atoms with Gasteiger partial charge in [-0.2, -0.15) is 15.0 Å². The average Bonchev–Trinajstić information content (AvgIpc) is 2.58. The third-order valence-corrected chi connectivity index (χ3v) is 2.44. The normalized spacial score (nSPS) is 10.5. The van der Waals surface area contributed by atoms with Crippen LogP contribution in [0, 0.1) is 0 Å². The molecule has 8 nitrogen and oxygen atoms in total. The summed E-state index contributed by atoms with van der Waals surface area (Å²) >= 11 is 3.27. The van der Waals surface area contributed by atoms with Gasteiger partial charge in [0.15, 0.2) is 10.4 Å². The minimum atomic E-state index is 0.0894. The summed E-state index contributed by atoms with van der Waals surface area (Å²) in [6.07, 6.45) is 0. The second-order valence-corrected chi connectivity index (χ2v) is 3.84. The molecule has 17 heavy (non-hydrogen) atoms. The highest BCUT2D eigenvalue weighted by atomic mass is 79.9. The molecule has 2 aromatic rings. The molecule has 0 unspecified atom stereocenters. The molecule has 0 fully saturated rings. The van der Waals surface area contributed by atoms with E-state index in [0.717, 1.165) is 0 Å². The van der Waals surface area contributed by atoms with Gasteiger partial charge in [0.1, 0.15) is 5.69 Å². The minimum absolute atomic E-state index is 0.0894. The topological polar surface area (TPSA) is 105 Å². The zero-order chi connectivity index (χ0) is 12.4. The number of rotatable bonds is 3. The van der Waals surface area contributed by atoms with E-state index in [1.807, 2.05) is 6.92 Å². The number of aromatic nitrogens is 6. The van der Waals surface area contributed by atoms with Crippen LogP contribution in [0.25, 0.3) is 11.5 Å². The average molecular weight is 300 g/mol. The molecule has 0 aliphatic rings. The highest BCUT2D eigenvalue weighted by Crippen LogP contribution is 2.23. The predicted octanol–water partition coefficient (Wildman–Crippen LogP) is 0.410.